The lowest BCUT2D eigenvalue weighted by Gasteiger charge is -2.23. The van der Waals surface area contributed by atoms with Crippen molar-refractivity contribution in [3.8, 4) is 5.75 Å². The predicted octanol–water partition coefficient (Wildman–Crippen LogP) is 2.35. The number of fused-ring (bicyclic) bond motifs is 1. The van der Waals surface area contributed by atoms with Crippen LogP contribution in [-0.2, 0) is 16.0 Å². The number of carbonyl (C=O) groups excluding carboxylic acids is 2. The van der Waals surface area contributed by atoms with Gasteiger partial charge in [-0.2, -0.15) is 0 Å². The molecule has 0 radical (unpaired) electrons. The zero-order valence-electron chi connectivity index (χ0n) is 13.2. The Labute approximate surface area is 140 Å². The number of nitrogens with one attached hydrogen (secondary N) is 1. The average molecular weight is 325 g/mol. The Morgan fingerprint density at radius 2 is 1.88 bits per heavy atom. The highest BCUT2D eigenvalue weighted by molar-refractivity contribution is 5.95. The van der Waals surface area contributed by atoms with Crippen molar-refractivity contribution in [1.82, 2.24) is 5.32 Å². The summed E-state index contributed by atoms with van der Waals surface area (Å²) in [4.78, 5) is 24.1. The van der Waals surface area contributed by atoms with Crippen LogP contribution in [0, 0.1) is 0 Å². The molecular formula is C19H19NO4. The van der Waals surface area contributed by atoms with Crippen LogP contribution in [0.2, 0.25) is 0 Å². The van der Waals surface area contributed by atoms with Crippen LogP contribution in [-0.4, -0.2) is 31.1 Å². The molecule has 1 unspecified atom stereocenters. The number of hydrogen-bond acceptors (Lipinski definition) is 4. The highest BCUT2D eigenvalue weighted by atomic mass is 16.5. The van der Waals surface area contributed by atoms with Crippen molar-refractivity contribution in [2.24, 2.45) is 0 Å². The van der Waals surface area contributed by atoms with Crippen LogP contribution in [0.4, 0.5) is 0 Å². The quantitative estimate of drug-likeness (QED) is 0.654. The summed E-state index contributed by atoms with van der Waals surface area (Å²) >= 11 is 0. The molecule has 5 heteroatoms. The molecule has 5 nitrogen and oxygen atoms in total. The number of hydrogen-bond donors (Lipinski definition) is 1. The molecule has 0 saturated carbocycles. The zero-order valence-corrected chi connectivity index (χ0v) is 13.2. The number of amides is 1. The SMILES string of the molecule is O=C1OC(C(=O)NCCCOc2ccccc2)Cc2ccccc21. The molecule has 1 atom stereocenters. The van der Waals surface area contributed by atoms with Gasteiger partial charge < -0.3 is 14.8 Å². The van der Waals surface area contributed by atoms with Gasteiger partial charge in [-0.1, -0.05) is 36.4 Å². The Bertz CT molecular complexity index is 714. The highest BCUT2D eigenvalue weighted by Gasteiger charge is 2.30. The second-order valence-electron chi connectivity index (χ2n) is 5.56. The van der Waals surface area contributed by atoms with Gasteiger partial charge in [0.1, 0.15) is 5.75 Å². The summed E-state index contributed by atoms with van der Waals surface area (Å²) in [5.41, 5.74) is 1.39. The van der Waals surface area contributed by atoms with Gasteiger partial charge >= 0.3 is 5.97 Å². The van der Waals surface area contributed by atoms with Gasteiger partial charge in [0.05, 0.1) is 12.2 Å². The Balaban J connectivity index is 1.42. The van der Waals surface area contributed by atoms with E-state index in [0.29, 0.717) is 31.6 Å². The van der Waals surface area contributed by atoms with Gasteiger partial charge in [-0.15, -0.1) is 0 Å². The molecule has 0 aromatic heterocycles. The lowest BCUT2D eigenvalue weighted by atomic mass is 9.98. The number of esters is 1. The van der Waals surface area contributed by atoms with Crippen molar-refractivity contribution in [2.45, 2.75) is 18.9 Å². The first kappa shape index (κ1) is 16.1. The van der Waals surface area contributed by atoms with Crippen LogP contribution in [0.25, 0.3) is 0 Å². The van der Waals surface area contributed by atoms with Crippen molar-refractivity contribution in [1.29, 1.82) is 0 Å². The number of ether oxygens (including phenoxy) is 2. The minimum absolute atomic E-state index is 0.266. The van der Waals surface area contributed by atoms with Crippen molar-refractivity contribution < 1.29 is 19.1 Å². The Morgan fingerprint density at radius 1 is 1.12 bits per heavy atom. The Hall–Kier alpha value is -2.82. The first-order chi connectivity index (χ1) is 11.7. The normalized spacial score (nSPS) is 16.0. The molecule has 0 fully saturated rings. The van der Waals surface area contributed by atoms with E-state index in [1.54, 1.807) is 12.1 Å². The third-order valence-corrected chi connectivity index (χ3v) is 3.82. The maximum Gasteiger partial charge on any atom is 0.339 e. The third-order valence-electron chi connectivity index (χ3n) is 3.82. The summed E-state index contributed by atoms with van der Waals surface area (Å²) in [6.07, 6.45) is 0.328. The molecule has 1 amide bonds. The van der Waals surface area contributed by atoms with E-state index in [0.717, 1.165) is 11.3 Å². The van der Waals surface area contributed by atoms with Crippen LogP contribution in [0.3, 0.4) is 0 Å². The predicted molar refractivity (Wildman–Crippen MR) is 88.9 cm³/mol. The monoisotopic (exact) mass is 325 g/mol. The van der Waals surface area contributed by atoms with Gasteiger partial charge in [0.25, 0.3) is 5.91 Å². The van der Waals surface area contributed by atoms with Crippen molar-refractivity contribution in [3.05, 3.63) is 65.7 Å². The van der Waals surface area contributed by atoms with E-state index in [1.165, 1.54) is 0 Å². The van der Waals surface area contributed by atoms with Crippen LogP contribution < -0.4 is 10.1 Å². The first-order valence-corrected chi connectivity index (χ1v) is 7.98. The summed E-state index contributed by atoms with van der Waals surface area (Å²) in [5, 5.41) is 2.79. The van der Waals surface area contributed by atoms with Crippen molar-refractivity contribution in [3.63, 3.8) is 0 Å². The van der Waals surface area contributed by atoms with Gasteiger partial charge in [-0.05, 0) is 30.2 Å². The standard InChI is InChI=1S/C19H19NO4/c21-18(20-11-6-12-23-15-8-2-1-3-9-15)17-13-14-7-4-5-10-16(14)19(22)24-17/h1-5,7-10,17H,6,11-13H2,(H,20,21). The largest absolute Gasteiger partial charge is 0.494 e. The average Bonchev–Trinajstić information content (AvgIpc) is 2.62. The highest BCUT2D eigenvalue weighted by Crippen LogP contribution is 2.20. The fourth-order valence-electron chi connectivity index (χ4n) is 2.58. The van der Waals surface area contributed by atoms with E-state index >= 15 is 0 Å². The summed E-state index contributed by atoms with van der Waals surface area (Å²) < 4.78 is 10.8. The van der Waals surface area contributed by atoms with Gasteiger partial charge in [-0.3, -0.25) is 4.79 Å². The topological polar surface area (TPSA) is 64.6 Å². The molecule has 2 aromatic rings. The number of benzene rings is 2. The third kappa shape index (κ3) is 3.93. The zero-order chi connectivity index (χ0) is 16.8. The molecule has 1 aliphatic heterocycles. The van der Waals surface area contributed by atoms with Crippen molar-refractivity contribution >= 4 is 11.9 Å². The molecule has 124 valence electrons. The molecule has 2 aromatic carbocycles. The van der Waals surface area contributed by atoms with E-state index in [-0.39, 0.29) is 5.91 Å². The fraction of sp³-hybridized carbons (Fsp3) is 0.263. The minimum atomic E-state index is -0.762. The van der Waals surface area contributed by atoms with Gasteiger partial charge in [0.15, 0.2) is 6.10 Å². The smallest absolute Gasteiger partial charge is 0.339 e. The van der Waals surface area contributed by atoms with E-state index in [4.69, 9.17) is 9.47 Å². The summed E-state index contributed by atoms with van der Waals surface area (Å²) in [6, 6.07) is 16.7. The van der Waals surface area contributed by atoms with E-state index in [2.05, 4.69) is 5.32 Å². The Morgan fingerprint density at radius 3 is 2.71 bits per heavy atom. The molecule has 1 aliphatic rings. The molecule has 0 spiro atoms. The molecular weight excluding hydrogens is 306 g/mol. The van der Waals surface area contributed by atoms with E-state index in [1.807, 2.05) is 42.5 Å². The second kappa shape index (κ2) is 7.64. The van der Waals surface area contributed by atoms with Crippen LogP contribution in [0.1, 0.15) is 22.3 Å². The first-order valence-electron chi connectivity index (χ1n) is 7.98. The van der Waals surface area contributed by atoms with Crippen LogP contribution >= 0.6 is 0 Å². The summed E-state index contributed by atoms with van der Waals surface area (Å²) in [5.74, 6) is 0.101. The minimum Gasteiger partial charge on any atom is -0.494 e. The lowest BCUT2D eigenvalue weighted by molar-refractivity contribution is -0.130. The number of cyclic esters (lactones) is 1. The molecule has 1 heterocycles. The lowest BCUT2D eigenvalue weighted by Crippen LogP contribution is -2.42. The van der Waals surface area contributed by atoms with Gasteiger partial charge in [0.2, 0.25) is 0 Å². The molecule has 3 rings (SSSR count). The molecule has 0 aliphatic carbocycles. The molecule has 0 saturated heterocycles. The van der Waals surface area contributed by atoms with Crippen LogP contribution in [0.15, 0.2) is 54.6 Å². The van der Waals surface area contributed by atoms with Crippen LogP contribution in [0.5, 0.6) is 5.75 Å². The molecule has 0 bridgehead atoms. The fourth-order valence-corrected chi connectivity index (χ4v) is 2.58. The van der Waals surface area contributed by atoms with E-state index in [9.17, 15) is 9.59 Å². The molecule has 24 heavy (non-hydrogen) atoms. The maximum absolute atomic E-state index is 12.2. The maximum atomic E-state index is 12.2. The van der Waals surface area contributed by atoms with Crippen molar-refractivity contribution in [2.75, 3.05) is 13.2 Å². The van der Waals surface area contributed by atoms with E-state index < -0.39 is 12.1 Å². The van der Waals surface area contributed by atoms with Gasteiger partial charge in [0, 0.05) is 13.0 Å². The summed E-state index contributed by atoms with van der Waals surface area (Å²) in [6.45, 7) is 0.985. The number of para-hydroxylation sites is 1. The number of carbonyl (C=O) groups is 2. The van der Waals surface area contributed by atoms with Gasteiger partial charge in [-0.25, -0.2) is 4.79 Å². The molecule has 1 N–H and O–H groups in total. The number of rotatable bonds is 6. The second-order valence-corrected chi connectivity index (χ2v) is 5.56. The summed E-state index contributed by atoms with van der Waals surface area (Å²) in [7, 11) is 0. The Kier molecular flexibility index (Phi) is 5.11.